The van der Waals surface area contributed by atoms with Gasteiger partial charge < -0.3 is 20.3 Å². The van der Waals surface area contributed by atoms with Gasteiger partial charge in [-0.25, -0.2) is 9.97 Å². The maximum atomic E-state index is 10.4. The highest BCUT2D eigenvalue weighted by Gasteiger charge is 2.15. The van der Waals surface area contributed by atoms with Gasteiger partial charge in [0.25, 0.3) is 0 Å². The zero-order valence-corrected chi connectivity index (χ0v) is 18.5. The van der Waals surface area contributed by atoms with Crippen molar-refractivity contribution in [2.45, 2.75) is 13.3 Å². The summed E-state index contributed by atoms with van der Waals surface area (Å²) >= 11 is 7.99. The molecule has 0 fully saturated rings. The predicted octanol–water partition coefficient (Wildman–Crippen LogP) is 3.89. The van der Waals surface area contributed by atoms with Gasteiger partial charge in [-0.3, -0.25) is 4.79 Å². The standard InChI is InChI=1S/C20H23ClN6O2S/c1-13-9-14(11-15(10-13)24-19-23-7-5-16(25-19)29-3)17-18(21)26-20(30-17)27(2)8-4-6-22-12-28/h5,7,9-12H,4,6,8H2,1-3H3,(H,22,28)(H,23,24,25). The van der Waals surface area contributed by atoms with Crippen LogP contribution in [0.25, 0.3) is 10.4 Å². The largest absolute Gasteiger partial charge is 0.481 e. The van der Waals surface area contributed by atoms with Crippen molar-refractivity contribution >= 4 is 46.1 Å². The monoisotopic (exact) mass is 446 g/mol. The molecule has 0 spiro atoms. The number of carbonyl (C=O) groups is 1. The van der Waals surface area contributed by atoms with E-state index in [0.717, 1.165) is 39.8 Å². The maximum Gasteiger partial charge on any atom is 0.230 e. The number of nitrogens with one attached hydrogen (secondary N) is 2. The zero-order chi connectivity index (χ0) is 21.5. The van der Waals surface area contributed by atoms with E-state index in [1.54, 1.807) is 19.4 Å². The van der Waals surface area contributed by atoms with E-state index in [4.69, 9.17) is 16.3 Å². The summed E-state index contributed by atoms with van der Waals surface area (Å²) in [6.07, 6.45) is 3.16. The number of halogens is 1. The van der Waals surface area contributed by atoms with Crippen LogP contribution in [0.5, 0.6) is 5.88 Å². The van der Waals surface area contributed by atoms with Crippen LogP contribution in [0.1, 0.15) is 12.0 Å². The van der Waals surface area contributed by atoms with Crippen molar-refractivity contribution in [3.05, 3.63) is 41.2 Å². The predicted molar refractivity (Wildman–Crippen MR) is 121 cm³/mol. The number of rotatable bonds is 10. The molecule has 0 unspecified atom stereocenters. The van der Waals surface area contributed by atoms with E-state index in [-0.39, 0.29) is 0 Å². The molecule has 2 aromatic heterocycles. The first-order valence-corrected chi connectivity index (χ1v) is 10.5. The molecule has 1 amide bonds. The molecule has 3 rings (SSSR count). The summed E-state index contributed by atoms with van der Waals surface area (Å²) in [6.45, 7) is 3.40. The van der Waals surface area contributed by atoms with Crippen molar-refractivity contribution in [3.8, 4) is 16.3 Å². The normalized spacial score (nSPS) is 10.5. The van der Waals surface area contributed by atoms with Gasteiger partial charge in [0.1, 0.15) is 5.15 Å². The van der Waals surface area contributed by atoms with Crippen LogP contribution < -0.4 is 20.3 Å². The second kappa shape index (κ2) is 10.2. The number of aromatic nitrogens is 3. The Morgan fingerprint density at radius 3 is 2.90 bits per heavy atom. The van der Waals surface area contributed by atoms with Crippen LogP contribution in [-0.2, 0) is 4.79 Å². The minimum atomic E-state index is 0.450. The lowest BCUT2D eigenvalue weighted by Gasteiger charge is -2.14. The highest BCUT2D eigenvalue weighted by molar-refractivity contribution is 7.19. The first kappa shape index (κ1) is 21.8. The molecule has 0 aliphatic rings. The van der Waals surface area contributed by atoms with E-state index in [0.29, 0.717) is 29.9 Å². The highest BCUT2D eigenvalue weighted by atomic mass is 35.5. The zero-order valence-electron chi connectivity index (χ0n) is 17.0. The highest BCUT2D eigenvalue weighted by Crippen LogP contribution is 2.39. The van der Waals surface area contributed by atoms with Crippen LogP contribution >= 0.6 is 22.9 Å². The molecule has 8 nitrogen and oxygen atoms in total. The van der Waals surface area contributed by atoms with Gasteiger partial charge in [0.05, 0.1) is 12.0 Å². The Bertz CT molecular complexity index is 1010. The van der Waals surface area contributed by atoms with Crippen molar-refractivity contribution in [1.29, 1.82) is 0 Å². The van der Waals surface area contributed by atoms with Crippen LogP contribution in [0, 0.1) is 6.92 Å². The molecule has 0 atom stereocenters. The number of hydrogen-bond donors (Lipinski definition) is 2. The lowest BCUT2D eigenvalue weighted by atomic mass is 10.1. The van der Waals surface area contributed by atoms with Crippen LogP contribution in [0.2, 0.25) is 5.15 Å². The topological polar surface area (TPSA) is 92.3 Å². The first-order chi connectivity index (χ1) is 14.5. The van der Waals surface area contributed by atoms with Gasteiger partial charge in [-0.1, -0.05) is 29.0 Å². The van der Waals surface area contributed by atoms with Crippen molar-refractivity contribution in [3.63, 3.8) is 0 Å². The average Bonchev–Trinajstić information content (AvgIpc) is 3.12. The molecular weight excluding hydrogens is 424 g/mol. The Hall–Kier alpha value is -2.91. The summed E-state index contributed by atoms with van der Waals surface area (Å²) < 4.78 is 5.15. The number of thiazole rings is 1. The second-order valence-electron chi connectivity index (χ2n) is 6.60. The summed E-state index contributed by atoms with van der Waals surface area (Å²) in [5.74, 6) is 0.938. The summed E-state index contributed by atoms with van der Waals surface area (Å²) in [6, 6.07) is 7.76. The minimum Gasteiger partial charge on any atom is -0.481 e. The van der Waals surface area contributed by atoms with Crippen LogP contribution in [0.3, 0.4) is 0 Å². The van der Waals surface area contributed by atoms with Crippen molar-refractivity contribution < 1.29 is 9.53 Å². The van der Waals surface area contributed by atoms with Gasteiger partial charge in [0.15, 0.2) is 5.13 Å². The summed E-state index contributed by atoms with van der Waals surface area (Å²) in [7, 11) is 3.53. The number of nitrogens with zero attached hydrogens (tertiary/aromatic N) is 4. The number of benzene rings is 1. The van der Waals surface area contributed by atoms with Crippen molar-refractivity contribution in [2.75, 3.05) is 37.5 Å². The summed E-state index contributed by atoms with van der Waals surface area (Å²) in [5.41, 5.74) is 2.87. The Labute approximate surface area is 184 Å². The third kappa shape index (κ3) is 5.58. The number of aryl methyl sites for hydroxylation is 1. The number of anilines is 3. The van der Waals surface area contributed by atoms with Crippen LogP contribution in [-0.4, -0.2) is 48.6 Å². The number of ether oxygens (including phenoxy) is 1. The molecule has 1 aromatic carbocycles. The Kier molecular flexibility index (Phi) is 7.42. The number of carbonyl (C=O) groups excluding carboxylic acids is 1. The van der Waals surface area contributed by atoms with Gasteiger partial charge in [-0.15, -0.1) is 0 Å². The SMILES string of the molecule is COc1ccnc(Nc2cc(C)cc(-c3sc(N(C)CCCNC=O)nc3Cl)c2)n1. The Balaban J connectivity index is 1.80. The maximum absolute atomic E-state index is 10.4. The van der Waals surface area contributed by atoms with Gasteiger partial charge in [-0.2, -0.15) is 4.98 Å². The molecule has 0 saturated heterocycles. The van der Waals surface area contributed by atoms with Crippen LogP contribution in [0.15, 0.2) is 30.5 Å². The van der Waals surface area contributed by atoms with Crippen molar-refractivity contribution in [2.24, 2.45) is 0 Å². The third-order valence-corrected chi connectivity index (χ3v) is 5.84. The quantitative estimate of drug-likeness (QED) is 0.360. The molecule has 0 aliphatic carbocycles. The molecular formula is C20H23ClN6O2S. The van der Waals surface area contributed by atoms with E-state index >= 15 is 0 Å². The van der Waals surface area contributed by atoms with E-state index in [2.05, 4.69) is 31.7 Å². The average molecular weight is 447 g/mol. The fourth-order valence-corrected chi connectivity index (χ4v) is 4.12. The number of amides is 1. The lowest BCUT2D eigenvalue weighted by molar-refractivity contribution is -0.109. The number of methoxy groups -OCH3 is 1. The van der Waals surface area contributed by atoms with Gasteiger partial charge in [0, 0.05) is 38.1 Å². The molecule has 2 N–H and O–H groups in total. The molecule has 158 valence electrons. The molecule has 0 bridgehead atoms. The van der Waals surface area contributed by atoms with Gasteiger partial charge in [0.2, 0.25) is 18.2 Å². The van der Waals surface area contributed by atoms with E-state index < -0.39 is 0 Å². The molecule has 30 heavy (non-hydrogen) atoms. The minimum absolute atomic E-state index is 0.450. The lowest BCUT2D eigenvalue weighted by Crippen LogP contribution is -2.22. The third-order valence-electron chi connectivity index (χ3n) is 4.23. The molecule has 0 radical (unpaired) electrons. The smallest absolute Gasteiger partial charge is 0.230 e. The van der Waals surface area contributed by atoms with E-state index in [9.17, 15) is 4.79 Å². The summed E-state index contributed by atoms with van der Waals surface area (Å²) in [4.78, 5) is 26.3. The fraction of sp³-hybridized carbons (Fsp3) is 0.300. The second-order valence-corrected chi connectivity index (χ2v) is 7.93. The summed E-state index contributed by atoms with van der Waals surface area (Å²) in [5, 5.41) is 7.16. The fourth-order valence-electron chi connectivity index (χ4n) is 2.84. The molecule has 10 heteroatoms. The number of hydrogen-bond acceptors (Lipinski definition) is 8. The van der Waals surface area contributed by atoms with Crippen molar-refractivity contribution in [1.82, 2.24) is 20.3 Å². The first-order valence-electron chi connectivity index (χ1n) is 9.30. The van der Waals surface area contributed by atoms with E-state index in [1.807, 2.05) is 31.0 Å². The molecule has 3 aromatic rings. The molecule has 0 aliphatic heterocycles. The Morgan fingerprint density at radius 2 is 2.13 bits per heavy atom. The van der Waals surface area contributed by atoms with E-state index in [1.165, 1.54) is 11.3 Å². The molecule has 0 saturated carbocycles. The molecule has 2 heterocycles. The van der Waals surface area contributed by atoms with Crippen LogP contribution in [0.4, 0.5) is 16.8 Å². The Morgan fingerprint density at radius 1 is 1.30 bits per heavy atom. The van der Waals surface area contributed by atoms with Gasteiger partial charge in [-0.05, 0) is 36.6 Å². The van der Waals surface area contributed by atoms with Gasteiger partial charge >= 0.3 is 0 Å².